The number of likely N-dealkylation sites (N-methyl/N-ethyl adjacent to an activating group) is 1. The summed E-state index contributed by atoms with van der Waals surface area (Å²) in [5, 5.41) is 0. The first-order valence-corrected chi connectivity index (χ1v) is 9.24. The first-order chi connectivity index (χ1) is 12.6. The van der Waals surface area contributed by atoms with Crippen molar-refractivity contribution < 1.29 is 4.79 Å². The minimum absolute atomic E-state index is 0.117. The van der Waals surface area contributed by atoms with Gasteiger partial charge in [-0.1, -0.05) is 19.8 Å². The van der Waals surface area contributed by atoms with E-state index in [1.807, 2.05) is 6.07 Å². The third-order valence-electron chi connectivity index (χ3n) is 5.50. The zero-order chi connectivity index (χ0) is 18.3. The second-order valence-corrected chi connectivity index (χ2v) is 7.03. The van der Waals surface area contributed by atoms with Crippen molar-refractivity contribution in [2.24, 2.45) is 0 Å². The lowest BCUT2D eigenvalue weighted by molar-refractivity contribution is -0.120. The van der Waals surface area contributed by atoms with Gasteiger partial charge in [0.25, 0.3) is 0 Å². The molecule has 7 heteroatoms. The first-order valence-electron chi connectivity index (χ1n) is 9.24. The Morgan fingerprint density at radius 1 is 1.27 bits per heavy atom. The first kappa shape index (κ1) is 16.8. The Morgan fingerprint density at radius 2 is 2.04 bits per heavy atom. The molecule has 2 N–H and O–H groups in total. The van der Waals surface area contributed by atoms with Gasteiger partial charge in [-0.2, -0.15) is 0 Å². The number of nitrogen functional groups attached to an aromatic ring is 1. The third-order valence-corrected chi connectivity index (χ3v) is 5.50. The topological polar surface area (TPSA) is 88.2 Å². The number of hydrogen-bond acceptors (Lipinski definition) is 6. The Labute approximate surface area is 153 Å². The van der Waals surface area contributed by atoms with Gasteiger partial charge in [0.1, 0.15) is 11.7 Å². The van der Waals surface area contributed by atoms with Gasteiger partial charge in [-0.3, -0.25) is 9.78 Å². The van der Waals surface area contributed by atoms with Gasteiger partial charge in [-0.15, -0.1) is 0 Å². The van der Waals surface area contributed by atoms with E-state index in [-0.39, 0.29) is 11.9 Å². The summed E-state index contributed by atoms with van der Waals surface area (Å²) in [6, 6.07) is 2.01. The van der Waals surface area contributed by atoms with Gasteiger partial charge in [0, 0.05) is 24.8 Å². The van der Waals surface area contributed by atoms with E-state index in [1.165, 1.54) is 12.8 Å². The van der Waals surface area contributed by atoms with E-state index in [9.17, 15) is 4.79 Å². The zero-order valence-corrected chi connectivity index (χ0v) is 15.2. The summed E-state index contributed by atoms with van der Waals surface area (Å²) in [5.41, 5.74) is 8.15. The Balaban J connectivity index is 1.86. The van der Waals surface area contributed by atoms with Gasteiger partial charge < -0.3 is 15.5 Å². The standard InChI is InChI=1S/C19H24N6O/c1-3-15-19(26)24(2)16-11-22-17(13-8-9-21-10-14(13)20)23-18(16)25(15)12-6-4-5-7-12/h8-12,15H,3-7,20H2,1-2H3/t15-/m1/s1. The summed E-state index contributed by atoms with van der Waals surface area (Å²) in [5.74, 6) is 1.53. The molecular formula is C19H24N6O. The van der Waals surface area contributed by atoms with Crippen molar-refractivity contribution in [2.75, 3.05) is 22.6 Å². The predicted molar refractivity (Wildman–Crippen MR) is 102 cm³/mol. The van der Waals surface area contributed by atoms with Crippen LogP contribution in [0.4, 0.5) is 17.2 Å². The van der Waals surface area contributed by atoms with Crippen LogP contribution in [0.25, 0.3) is 11.4 Å². The van der Waals surface area contributed by atoms with Crippen LogP contribution in [0.3, 0.4) is 0 Å². The monoisotopic (exact) mass is 352 g/mol. The summed E-state index contributed by atoms with van der Waals surface area (Å²) < 4.78 is 0. The number of fused-ring (bicyclic) bond motifs is 1. The lowest BCUT2D eigenvalue weighted by Gasteiger charge is -2.43. The molecule has 2 aliphatic rings. The van der Waals surface area contributed by atoms with Crippen LogP contribution in [0.2, 0.25) is 0 Å². The SMILES string of the molecule is CC[C@@H]1C(=O)N(C)c2cnc(-c3ccncc3N)nc2N1C1CCCC1. The Morgan fingerprint density at radius 3 is 2.73 bits per heavy atom. The fourth-order valence-electron chi connectivity index (χ4n) is 4.12. The summed E-state index contributed by atoms with van der Waals surface area (Å²) in [7, 11) is 1.81. The van der Waals surface area contributed by atoms with Crippen LogP contribution in [0.15, 0.2) is 24.7 Å². The summed E-state index contributed by atoms with van der Waals surface area (Å²) >= 11 is 0. The molecule has 2 aromatic rings. The number of nitrogens with zero attached hydrogens (tertiary/aromatic N) is 5. The lowest BCUT2D eigenvalue weighted by atomic mass is 10.0. The number of rotatable bonds is 3. The van der Waals surface area contributed by atoms with Gasteiger partial charge >= 0.3 is 0 Å². The molecule has 26 heavy (non-hydrogen) atoms. The maximum atomic E-state index is 12.9. The molecule has 0 aromatic carbocycles. The molecule has 136 valence electrons. The normalized spacial score (nSPS) is 20.5. The van der Waals surface area contributed by atoms with Crippen LogP contribution >= 0.6 is 0 Å². The number of carbonyl (C=O) groups excluding carboxylic acids is 1. The van der Waals surface area contributed by atoms with E-state index in [2.05, 4.69) is 21.8 Å². The van der Waals surface area contributed by atoms with E-state index in [4.69, 9.17) is 10.7 Å². The van der Waals surface area contributed by atoms with Gasteiger partial charge in [0.05, 0.1) is 18.1 Å². The molecule has 1 amide bonds. The molecule has 1 saturated carbocycles. The number of nitrogens with two attached hydrogens (primary N) is 1. The highest BCUT2D eigenvalue weighted by Gasteiger charge is 2.41. The number of pyridine rings is 1. The molecule has 0 unspecified atom stereocenters. The largest absolute Gasteiger partial charge is 0.397 e. The molecule has 2 aromatic heterocycles. The Kier molecular flexibility index (Phi) is 4.22. The van der Waals surface area contributed by atoms with Crippen molar-refractivity contribution in [1.82, 2.24) is 15.0 Å². The van der Waals surface area contributed by atoms with Gasteiger partial charge in [0.2, 0.25) is 5.91 Å². The van der Waals surface area contributed by atoms with Crippen molar-refractivity contribution in [2.45, 2.75) is 51.1 Å². The van der Waals surface area contributed by atoms with Crippen LogP contribution < -0.4 is 15.5 Å². The van der Waals surface area contributed by atoms with Crippen molar-refractivity contribution >= 4 is 23.1 Å². The minimum atomic E-state index is -0.173. The molecule has 3 heterocycles. The lowest BCUT2D eigenvalue weighted by Crippen LogP contribution is -2.55. The maximum Gasteiger partial charge on any atom is 0.249 e. The average molecular weight is 352 g/mol. The third kappa shape index (κ3) is 2.58. The number of amides is 1. The van der Waals surface area contributed by atoms with Crippen LogP contribution in [-0.4, -0.2) is 40.0 Å². The molecule has 7 nitrogen and oxygen atoms in total. The highest BCUT2D eigenvalue weighted by molar-refractivity contribution is 6.04. The summed E-state index contributed by atoms with van der Waals surface area (Å²) in [6.45, 7) is 2.06. The van der Waals surface area contributed by atoms with Crippen molar-refractivity contribution in [3.05, 3.63) is 24.7 Å². The van der Waals surface area contributed by atoms with E-state index in [0.717, 1.165) is 36.3 Å². The molecule has 1 aliphatic heterocycles. The predicted octanol–water partition coefficient (Wildman–Crippen LogP) is 2.62. The molecule has 1 atom stereocenters. The quantitative estimate of drug-likeness (QED) is 0.913. The van der Waals surface area contributed by atoms with E-state index in [0.29, 0.717) is 17.6 Å². The highest BCUT2D eigenvalue weighted by atomic mass is 16.2. The van der Waals surface area contributed by atoms with Gasteiger partial charge in [-0.25, -0.2) is 9.97 Å². The van der Waals surface area contributed by atoms with Crippen LogP contribution in [0.5, 0.6) is 0 Å². The van der Waals surface area contributed by atoms with Gasteiger partial charge in [-0.05, 0) is 25.3 Å². The zero-order valence-electron chi connectivity index (χ0n) is 15.2. The number of anilines is 3. The number of aromatic nitrogens is 3. The van der Waals surface area contributed by atoms with Crippen LogP contribution in [0.1, 0.15) is 39.0 Å². The van der Waals surface area contributed by atoms with Crippen LogP contribution in [-0.2, 0) is 4.79 Å². The molecule has 4 rings (SSSR count). The molecule has 0 spiro atoms. The van der Waals surface area contributed by atoms with E-state index in [1.54, 1.807) is 30.5 Å². The van der Waals surface area contributed by atoms with E-state index >= 15 is 0 Å². The highest BCUT2D eigenvalue weighted by Crippen LogP contribution is 2.40. The van der Waals surface area contributed by atoms with Gasteiger partial charge in [0.15, 0.2) is 11.6 Å². The number of carbonyl (C=O) groups is 1. The molecule has 1 fully saturated rings. The summed E-state index contributed by atoms with van der Waals surface area (Å²) in [6.07, 6.45) is 10.4. The molecular weight excluding hydrogens is 328 g/mol. The molecule has 0 bridgehead atoms. The smallest absolute Gasteiger partial charge is 0.249 e. The molecule has 1 aliphatic carbocycles. The van der Waals surface area contributed by atoms with E-state index < -0.39 is 0 Å². The molecule has 0 radical (unpaired) electrons. The Hall–Kier alpha value is -2.70. The maximum absolute atomic E-state index is 12.9. The van der Waals surface area contributed by atoms with Crippen molar-refractivity contribution in [3.63, 3.8) is 0 Å². The minimum Gasteiger partial charge on any atom is -0.397 e. The fraction of sp³-hybridized carbons (Fsp3) is 0.474. The second kappa shape index (κ2) is 6.55. The summed E-state index contributed by atoms with van der Waals surface area (Å²) in [4.78, 5) is 30.2. The number of hydrogen-bond donors (Lipinski definition) is 1. The average Bonchev–Trinajstić information content (AvgIpc) is 3.18. The van der Waals surface area contributed by atoms with Crippen LogP contribution in [0, 0.1) is 0 Å². The molecule has 0 saturated heterocycles. The second-order valence-electron chi connectivity index (χ2n) is 7.03. The fourth-order valence-corrected chi connectivity index (χ4v) is 4.12. The van der Waals surface area contributed by atoms with Crippen molar-refractivity contribution in [3.8, 4) is 11.4 Å². The Bertz CT molecular complexity index is 833. The van der Waals surface area contributed by atoms with Crippen molar-refractivity contribution in [1.29, 1.82) is 0 Å².